The van der Waals surface area contributed by atoms with E-state index in [1.807, 2.05) is 0 Å². The van der Waals surface area contributed by atoms with Crippen molar-refractivity contribution >= 4 is 16.2 Å². The summed E-state index contributed by atoms with van der Waals surface area (Å²) in [5.41, 5.74) is 0. The van der Waals surface area contributed by atoms with Crippen molar-refractivity contribution in [3.05, 3.63) is 0 Å². The van der Waals surface area contributed by atoms with Crippen LogP contribution < -0.4 is 0 Å². The molecule has 0 aromatic heterocycles. The lowest BCUT2D eigenvalue weighted by molar-refractivity contribution is 0.440. The monoisotopic (exact) mass is 176 g/mol. The smallest absolute Gasteiger partial charge is 0.312 e. The molecule has 1 fully saturated rings. The van der Waals surface area contributed by atoms with Gasteiger partial charge in [0.2, 0.25) is 0 Å². The first-order valence-corrected chi connectivity index (χ1v) is 5.31. The van der Waals surface area contributed by atoms with E-state index >= 15 is 0 Å². The van der Waals surface area contributed by atoms with Gasteiger partial charge in [0, 0.05) is 19.3 Å². The maximum Gasteiger partial charge on any atom is 0.312 e. The molecule has 1 rings (SSSR count). The van der Waals surface area contributed by atoms with Crippen molar-refractivity contribution in [1.29, 1.82) is 0 Å². The molecule has 0 unspecified atom stereocenters. The summed E-state index contributed by atoms with van der Waals surface area (Å²) < 4.78 is 21.9. The Morgan fingerprint density at radius 3 is 2.45 bits per heavy atom. The van der Waals surface area contributed by atoms with Crippen LogP contribution >= 0.6 is 0 Å². The first kappa shape index (κ1) is 8.52. The van der Waals surface area contributed by atoms with Gasteiger partial charge in [0.25, 0.3) is 0 Å². The van der Waals surface area contributed by atoms with Crippen LogP contribution in [0.15, 0.2) is 0 Å². The highest BCUT2D eigenvalue weighted by Crippen LogP contribution is 2.13. The summed E-state index contributed by atoms with van der Waals surface area (Å²) in [6, 6.07) is 0. The first-order chi connectivity index (χ1) is 5.04. The number of carbonyl (C=O) groups excluding carboxylic acids is 1. The number of nitrogens with zero attached hydrogens (tertiary/aromatic N) is 1. The molecule has 1 amide bonds. The quantitative estimate of drug-likeness (QED) is 0.552. The average molecular weight is 176 g/mol. The molecule has 0 spiro atoms. The Balaban J connectivity index is 2.62. The maximum absolute atomic E-state index is 10.9. The minimum Gasteiger partial charge on any atom is -0.333 e. The van der Waals surface area contributed by atoms with Gasteiger partial charge in [-0.05, 0) is 6.42 Å². The second-order valence-electron chi connectivity index (χ2n) is 2.78. The van der Waals surface area contributed by atoms with Crippen molar-refractivity contribution in [2.24, 2.45) is 0 Å². The SMILES string of the molecule is CS(=O)(=O)[C@@H]1CCN([C]=O)C1. The van der Waals surface area contributed by atoms with Crippen LogP contribution in [0.25, 0.3) is 0 Å². The molecule has 63 valence electrons. The van der Waals surface area contributed by atoms with Gasteiger partial charge >= 0.3 is 6.41 Å². The second-order valence-corrected chi connectivity index (χ2v) is 5.10. The summed E-state index contributed by atoms with van der Waals surface area (Å²) in [6.45, 7) is 0.823. The molecule has 5 heteroatoms. The normalized spacial score (nSPS) is 25.5. The maximum atomic E-state index is 10.9. The molecule has 1 radical (unpaired) electrons. The summed E-state index contributed by atoms with van der Waals surface area (Å²) >= 11 is 0. The van der Waals surface area contributed by atoms with Crippen molar-refractivity contribution in [3.8, 4) is 0 Å². The van der Waals surface area contributed by atoms with Crippen LogP contribution in [0, 0.1) is 0 Å². The van der Waals surface area contributed by atoms with Crippen LogP contribution in [0.5, 0.6) is 0 Å². The Labute approximate surface area is 66.1 Å². The molecular weight excluding hydrogens is 166 g/mol. The second kappa shape index (κ2) is 2.81. The predicted molar refractivity (Wildman–Crippen MR) is 40.5 cm³/mol. The fraction of sp³-hybridized carbons (Fsp3) is 0.833. The van der Waals surface area contributed by atoms with Crippen LogP contribution in [0.3, 0.4) is 0 Å². The lowest BCUT2D eigenvalue weighted by Gasteiger charge is -2.06. The fourth-order valence-corrected chi connectivity index (χ4v) is 2.14. The van der Waals surface area contributed by atoms with E-state index in [-0.39, 0.29) is 5.25 Å². The number of sulfone groups is 1. The Kier molecular flexibility index (Phi) is 2.17. The highest BCUT2D eigenvalue weighted by Gasteiger charge is 2.29. The number of likely N-dealkylation sites (tertiary alicyclic amines) is 1. The van der Waals surface area contributed by atoms with Crippen LogP contribution in [0.4, 0.5) is 0 Å². The molecule has 0 aromatic carbocycles. The molecule has 1 saturated heterocycles. The van der Waals surface area contributed by atoms with Crippen LogP contribution in [0.2, 0.25) is 0 Å². The highest BCUT2D eigenvalue weighted by molar-refractivity contribution is 7.91. The van der Waals surface area contributed by atoms with Gasteiger partial charge in [-0.25, -0.2) is 8.42 Å². The minimum atomic E-state index is -2.97. The van der Waals surface area contributed by atoms with E-state index in [1.54, 1.807) is 6.41 Å². The third-order valence-electron chi connectivity index (χ3n) is 1.88. The number of hydrogen-bond acceptors (Lipinski definition) is 3. The molecular formula is C6H10NO3S. The van der Waals surface area contributed by atoms with Gasteiger partial charge in [-0.1, -0.05) is 0 Å². The predicted octanol–water partition coefficient (Wildman–Crippen LogP) is -0.827. The molecule has 11 heavy (non-hydrogen) atoms. The third-order valence-corrected chi connectivity index (χ3v) is 3.48. The van der Waals surface area contributed by atoms with E-state index in [9.17, 15) is 13.2 Å². The molecule has 1 aliphatic heterocycles. The van der Waals surface area contributed by atoms with Crippen molar-refractivity contribution in [3.63, 3.8) is 0 Å². The molecule has 0 N–H and O–H groups in total. The molecule has 0 aliphatic carbocycles. The summed E-state index contributed by atoms with van der Waals surface area (Å²) in [5.74, 6) is 0. The Hall–Kier alpha value is -0.580. The zero-order valence-corrected chi connectivity index (χ0v) is 7.10. The topological polar surface area (TPSA) is 54.5 Å². The van der Waals surface area contributed by atoms with Gasteiger partial charge in [-0.3, -0.25) is 4.79 Å². The van der Waals surface area contributed by atoms with Crippen LogP contribution in [-0.4, -0.2) is 44.3 Å². The summed E-state index contributed by atoms with van der Waals surface area (Å²) in [7, 11) is -2.97. The molecule has 0 saturated carbocycles. The van der Waals surface area contributed by atoms with Gasteiger partial charge in [-0.2, -0.15) is 0 Å². The summed E-state index contributed by atoms with van der Waals surface area (Å²) in [4.78, 5) is 11.5. The van der Waals surface area contributed by atoms with Gasteiger partial charge < -0.3 is 4.90 Å². The van der Waals surface area contributed by atoms with E-state index in [1.165, 1.54) is 11.2 Å². The van der Waals surface area contributed by atoms with E-state index in [0.29, 0.717) is 19.5 Å². The van der Waals surface area contributed by atoms with E-state index < -0.39 is 9.84 Å². The molecule has 4 nitrogen and oxygen atoms in total. The van der Waals surface area contributed by atoms with Gasteiger partial charge in [0.1, 0.15) is 0 Å². The van der Waals surface area contributed by atoms with Crippen LogP contribution in [0.1, 0.15) is 6.42 Å². The van der Waals surface area contributed by atoms with Gasteiger partial charge in [0.05, 0.1) is 5.25 Å². The van der Waals surface area contributed by atoms with E-state index in [4.69, 9.17) is 0 Å². The van der Waals surface area contributed by atoms with Crippen molar-refractivity contribution in [2.45, 2.75) is 11.7 Å². The zero-order chi connectivity index (χ0) is 8.48. The molecule has 1 atom stereocenters. The molecule has 0 aromatic rings. The Morgan fingerprint density at radius 2 is 2.18 bits per heavy atom. The lowest BCUT2D eigenvalue weighted by atomic mass is 10.4. The summed E-state index contributed by atoms with van der Waals surface area (Å²) in [6.07, 6.45) is 3.43. The highest BCUT2D eigenvalue weighted by atomic mass is 32.2. The molecule has 1 heterocycles. The lowest BCUT2D eigenvalue weighted by Crippen LogP contribution is -2.25. The molecule has 1 aliphatic rings. The Bertz CT molecular complexity index is 247. The van der Waals surface area contributed by atoms with Crippen molar-refractivity contribution < 1.29 is 13.2 Å². The number of rotatable bonds is 2. The van der Waals surface area contributed by atoms with E-state index in [0.717, 1.165) is 0 Å². The average Bonchev–Trinajstić information content (AvgIpc) is 2.32. The fourth-order valence-electron chi connectivity index (χ4n) is 1.16. The number of amides is 1. The van der Waals surface area contributed by atoms with Crippen molar-refractivity contribution in [2.75, 3.05) is 19.3 Å². The largest absolute Gasteiger partial charge is 0.333 e. The zero-order valence-electron chi connectivity index (χ0n) is 6.28. The third kappa shape index (κ3) is 1.92. The Morgan fingerprint density at radius 1 is 1.55 bits per heavy atom. The number of hydrogen-bond donors (Lipinski definition) is 0. The van der Waals surface area contributed by atoms with Crippen molar-refractivity contribution in [1.82, 2.24) is 4.90 Å². The van der Waals surface area contributed by atoms with E-state index in [2.05, 4.69) is 0 Å². The molecule has 0 bridgehead atoms. The minimum absolute atomic E-state index is 0.308. The first-order valence-electron chi connectivity index (χ1n) is 3.35. The van der Waals surface area contributed by atoms with Gasteiger partial charge in [-0.15, -0.1) is 0 Å². The standard InChI is InChI=1S/C6H10NO3S/c1-11(9,10)6-2-3-7(4-6)5-8/h6H,2-4H2,1H3/t6-/m1/s1. The van der Waals surface area contributed by atoms with Gasteiger partial charge in [0.15, 0.2) is 9.84 Å². The van der Waals surface area contributed by atoms with Crippen LogP contribution in [-0.2, 0) is 14.6 Å². The summed E-state index contributed by atoms with van der Waals surface area (Å²) in [5, 5.41) is -0.371.